The van der Waals surface area contributed by atoms with Gasteiger partial charge in [-0.3, -0.25) is 13.9 Å². The third-order valence-corrected chi connectivity index (χ3v) is 6.96. The zero-order valence-electron chi connectivity index (χ0n) is 16.1. The van der Waals surface area contributed by atoms with Gasteiger partial charge in [0.15, 0.2) is 4.96 Å². The van der Waals surface area contributed by atoms with Crippen molar-refractivity contribution in [3.8, 4) is 0 Å². The summed E-state index contributed by atoms with van der Waals surface area (Å²) in [4.78, 5) is 18.4. The first-order chi connectivity index (χ1) is 13.8. The Morgan fingerprint density at radius 2 is 1.79 bits per heavy atom. The van der Waals surface area contributed by atoms with E-state index in [4.69, 9.17) is 0 Å². The van der Waals surface area contributed by atoms with E-state index in [0.29, 0.717) is 28.2 Å². The first kappa shape index (κ1) is 19.4. The van der Waals surface area contributed by atoms with Gasteiger partial charge in [-0.1, -0.05) is 12.1 Å². The van der Waals surface area contributed by atoms with Crippen LogP contribution < -0.4 is 4.72 Å². The van der Waals surface area contributed by atoms with Crippen molar-refractivity contribution < 1.29 is 13.2 Å². The van der Waals surface area contributed by atoms with E-state index in [2.05, 4.69) is 9.71 Å². The monoisotopic (exact) mass is 425 g/mol. The molecule has 0 aliphatic carbocycles. The van der Waals surface area contributed by atoms with Gasteiger partial charge in [0.2, 0.25) is 5.78 Å². The van der Waals surface area contributed by atoms with E-state index in [9.17, 15) is 13.2 Å². The number of hydrogen-bond donors (Lipinski definition) is 1. The number of rotatable bonds is 5. The number of carbonyl (C=O) groups excluding carboxylic acids is 1. The quantitative estimate of drug-likeness (QED) is 0.482. The van der Waals surface area contributed by atoms with Crippen LogP contribution in [0.15, 0.2) is 58.9 Å². The molecule has 29 heavy (non-hydrogen) atoms. The van der Waals surface area contributed by atoms with Crippen molar-refractivity contribution in [1.82, 2.24) is 9.38 Å². The van der Waals surface area contributed by atoms with Gasteiger partial charge in [0.25, 0.3) is 10.0 Å². The Morgan fingerprint density at radius 1 is 1.07 bits per heavy atom. The first-order valence-corrected chi connectivity index (χ1v) is 11.3. The van der Waals surface area contributed by atoms with Gasteiger partial charge in [0.05, 0.1) is 10.6 Å². The fraction of sp³-hybridized carbons (Fsp3) is 0.143. The van der Waals surface area contributed by atoms with Crippen LogP contribution in [0, 0.1) is 20.8 Å². The van der Waals surface area contributed by atoms with Crippen LogP contribution >= 0.6 is 11.3 Å². The van der Waals surface area contributed by atoms with Crippen molar-refractivity contribution in [2.45, 2.75) is 25.7 Å². The molecule has 1 N–H and O–H groups in total. The number of hydrogen-bond acceptors (Lipinski definition) is 5. The highest BCUT2D eigenvalue weighted by molar-refractivity contribution is 7.92. The van der Waals surface area contributed by atoms with E-state index >= 15 is 0 Å². The van der Waals surface area contributed by atoms with Crippen LogP contribution in [-0.2, 0) is 10.0 Å². The Bertz CT molecular complexity index is 1330. The van der Waals surface area contributed by atoms with Crippen LogP contribution in [0.4, 0.5) is 5.69 Å². The van der Waals surface area contributed by atoms with Crippen LogP contribution in [0.3, 0.4) is 0 Å². The second kappa shape index (κ2) is 7.13. The number of nitrogens with zero attached hydrogens (tertiary/aromatic N) is 2. The third-order valence-electron chi connectivity index (χ3n) is 4.68. The molecule has 0 radical (unpaired) electrons. The Kier molecular flexibility index (Phi) is 4.76. The van der Waals surface area contributed by atoms with Gasteiger partial charge < -0.3 is 0 Å². The molecule has 0 saturated carbocycles. The normalized spacial score (nSPS) is 11.7. The number of anilines is 1. The summed E-state index contributed by atoms with van der Waals surface area (Å²) in [5, 5.41) is 1.88. The van der Waals surface area contributed by atoms with Crippen molar-refractivity contribution >= 4 is 37.8 Å². The molecule has 0 unspecified atom stereocenters. The van der Waals surface area contributed by atoms with E-state index < -0.39 is 10.0 Å². The molecule has 0 saturated heterocycles. The summed E-state index contributed by atoms with van der Waals surface area (Å²) in [6, 6.07) is 11.7. The fourth-order valence-electron chi connectivity index (χ4n) is 3.20. The maximum Gasteiger partial charge on any atom is 0.262 e. The van der Waals surface area contributed by atoms with Gasteiger partial charge in [-0.15, -0.1) is 11.3 Å². The largest absolute Gasteiger partial charge is 0.287 e. The van der Waals surface area contributed by atoms with Crippen LogP contribution in [0.25, 0.3) is 4.96 Å². The minimum atomic E-state index is -3.72. The molecule has 2 aromatic heterocycles. The van der Waals surface area contributed by atoms with E-state index in [1.54, 1.807) is 54.6 Å². The minimum absolute atomic E-state index is 0.155. The van der Waals surface area contributed by atoms with Gasteiger partial charge in [0.1, 0.15) is 5.69 Å². The molecule has 4 aromatic rings. The van der Waals surface area contributed by atoms with Crippen LogP contribution in [0.1, 0.15) is 32.9 Å². The number of thiazole rings is 1. The summed E-state index contributed by atoms with van der Waals surface area (Å²) in [5.74, 6) is -0.155. The zero-order valence-corrected chi connectivity index (χ0v) is 17.8. The molecular formula is C21H19N3O3S2. The zero-order chi connectivity index (χ0) is 20.8. The average molecular weight is 426 g/mol. The average Bonchev–Trinajstić information content (AvgIpc) is 3.23. The Hall–Kier alpha value is -2.97. The summed E-state index contributed by atoms with van der Waals surface area (Å²) in [6.07, 6.45) is 1.82. The number of sulfonamides is 1. The molecule has 2 aromatic carbocycles. The molecule has 8 heteroatoms. The molecule has 2 heterocycles. The van der Waals surface area contributed by atoms with Crippen molar-refractivity contribution in [2.24, 2.45) is 0 Å². The Labute approximate surface area is 172 Å². The number of imidazole rings is 1. The molecule has 148 valence electrons. The lowest BCUT2D eigenvalue weighted by Gasteiger charge is -2.11. The van der Waals surface area contributed by atoms with Gasteiger partial charge in [-0.2, -0.15) is 0 Å². The molecule has 0 atom stereocenters. The molecule has 0 aliphatic heterocycles. The van der Waals surface area contributed by atoms with Crippen molar-refractivity contribution in [3.05, 3.63) is 82.1 Å². The standard InChI is InChI=1S/C21H19N3O3S2/c1-13-4-5-14(2)18(12-13)29(26,27)23-17-8-6-16(7-9-17)20(25)19-15(3)22-21-24(19)10-11-28-21/h4-12,23H,1-3H3. The lowest BCUT2D eigenvalue weighted by molar-refractivity contribution is 0.103. The van der Waals surface area contributed by atoms with E-state index in [1.165, 1.54) is 11.3 Å². The number of aryl methyl sites for hydroxylation is 3. The van der Waals surface area contributed by atoms with Crippen LogP contribution in [0.5, 0.6) is 0 Å². The van der Waals surface area contributed by atoms with Crippen LogP contribution in [0.2, 0.25) is 0 Å². The predicted molar refractivity (Wildman–Crippen MR) is 114 cm³/mol. The SMILES string of the molecule is Cc1ccc(C)c(S(=O)(=O)Nc2ccc(C(=O)c3c(C)nc4sccn34)cc2)c1. The first-order valence-electron chi connectivity index (χ1n) is 8.93. The van der Waals surface area contributed by atoms with Crippen LogP contribution in [-0.4, -0.2) is 23.6 Å². The van der Waals surface area contributed by atoms with E-state index in [-0.39, 0.29) is 10.7 Å². The molecular weight excluding hydrogens is 406 g/mol. The highest BCUT2D eigenvalue weighted by Crippen LogP contribution is 2.23. The summed E-state index contributed by atoms with van der Waals surface area (Å²) in [6.45, 7) is 5.41. The number of fused-ring (bicyclic) bond motifs is 1. The molecule has 0 fully saturated rings. The lowest BCUT2D eigenvalue weighted by atomic mass is 10.1. The van der Waals surface area contributed by atoms with Gasteiger partial charge in [0, 0.05) is 22.8 Å². The molecule has 0 bridgehead atoms. The fourth-order valence-corrected chi connectivity index (χ4v) is 5.35. The van der Waals surface area contributed by atoms with Crippen molar-refractivity contribution in [2.75, 3.05) is 4.72 Å². The Balaban J connectivity index is 1.61. The topological polar surface area (TPSA) is 80.5 Å². The van der Waals surface area contributed by atoms with E-state index in [0.717, 1.165) is 10.5 Å². The maximum absolute atomic E-state index is 12.9. The maximum atomic E-state index is 12.9. The molecule has 0 amide bonds. The molecule has 0 aliphatic rings. The molecule has 4 rings (SSSR count). The summed E-state index contributed by atoms with van der Waals surface area (Å²) < 4.78 is 29.9. The third kappa shape index (κ3) is 3.56. The second-order valence-electron chi connectivity index (χ2n) is 6.88. The highest BCUT2D eigenvalue weighted by Gasteiger charge is 2.20. The second-order valence-corrected chi connectivity index (χ2v) is 9.41. The number of nitrogens with one attached hydrogen (secondary N) is 1. The van der Waals surface area contributed by atoms with Gasteiger partial charge >= 0.3 is 0 Å². The number of benzene rings is 2. The predicted octanol–water partition coefficient (Wildman–Crippen LogP) is 4.35. The summed E-state index contributed by atoms with van der Waals surface area (Å²) in [5.41, 5.74) is 3.59. The van der Waals surface area contributed by atoms with Gasteiger partial charge in [-0.05, 0) is 62.2 Å². The number of aromatic nitrogens is 2. The van der Waals surface area contributed by atoms with Gasteiger partial charge in [-0.25, -0.2) is 13.4 Å². The lowest BCUT2D eigenvalue weighted by Crippen LogP contribution is -2.14. The summed E-state index contributed by atoms with van der Waals surface area (Å²) in [7, 11) is -3.72. The summed E-state index contributed by atoms with van der Waals surface area (Å²) >= 11 is 1.47. The highest BCUT2D eigenvalue weighted by atomic mass is 32.2. The van der Waals surface area contributed by atoms with Crippen molar-refractivity contribution in [3.63, 3.8) is 0 Å². The smallest absolute Gasteiger partial charge is 0.262 e. The minimum Gasteiger partial charge on any atom is -0.287 e. The Morgan fingerprint density at radius 3 is 2.52 bits per heavy atom. The van der Waals surface area contributed by atoms with Crippen molar-refractivity contribution in [1.29, 1.82) is 0 Å². The number of ketones is 1. The number of carbonyl (C=O) groups is 1. The van der Waals surface area contributed by atoms with E-state index in [1.807, 2.05) is 24.6 Å². The molecule has 0 spiro atoms. The molecule has 6 nitrogen and oxygen atoms in total.